The zero-order valence-corrected chi connectivity index (χ0v) is 14.0. The van der Waals surface area contributed by atoms with E-state index in [1.165, 1.54) is 12.1 Å². The van der Waals surface area contributed by atoms with Crippen molar-refractivity contribution in [3.05, 3.63) is 71.7 Å². The van der Waals surface area contributed by atoms with Gasteiger partial charge in [0.15, 0.2) is 0 Å². The molecule has 2 N–H and O–H groups in total. The number of benzene rings is 2. The van der Waals surface area contributed by atoms with E-state index < -0.39 is 5.97 Å². The van der Waals surface area contributed by atoms with Crippen LogP contribution >= 0.6 is 0 Å². The van der Waals surface area contributed by atoms with Crippen LogP contribution in [0.1, 0.15) is 27.8 Å². The average molecular weight is 353 g/mol. The highest BCUT2D eigenvalue weighted by molar-refractivity contribution is 6.03. The lowest BCUT2D eigenvalue weighted by molar-refractivity contribution is 0.0526. The van der Waals surface area contributed by atoms with Gasteiger partial charge in [0.25, 0.3) is 5.91 Å². The molecule has 0 fully saturated rings. The van der Waals surface area contributed by atoms with E-state index >= 15 is 0 Å². The van der Waals surface area contributed by atoms with E-state index in [2.05, 4.69) is 15.5 Å². The highest BCUT2D eigenvalue weighted by atomic mass is 19.1. The molecular weight excluding hydrogens is 337 g/mol. The molecule has 3 aromatic rings. The molecular formula is C19H16FN3O3. The molecule has 1 heterocycles. The third-order valence-corrected chi connectivity index (χ3v) is 3.62. The van der Waals surface area contributed by atoms with Crippen LogP contribution < -0.4 is 5.32 Å². The molecule has 0 aliphatic carbocycles. The summed E-state index contributed by atoms with van der Waals surface area (Å²) in [6.45, 7) is 2.03. The Balaban J connectivity index is 1.68. The third kappa shape index (κ3) is 3.94. The molecule has 2 aromatic carbocycles. The molecule has 0 spiro atoms. The van der Waals surface area contributed by atoms with Crippen LogP contribution in [0.5, 0.6) is 0 Å². The maximum Gasteiger partial charge on any atom is 0.338 e. The number of halogens is 1. The van der Waals surface area contributed by atoms with Gasteiger partial charge in [0.2, 0.25) is 0 Å². The molecule has 1 amide bonds. The summed E-state index contributed by atoms with van der Waals surface area (Å²) < 4.78 is 17.9. The number of aromatic amines is 1. The molecule has 0 aliphatic rings. The van der Waals surface area contributed by atoms with E-state index in [1.54, 1.807) is 49.4 Å². The van der Waals surface area contributed by atoms with Crippen molar-refractivity contribution in [1.29, 1.82) is 0 Å². The normalized spacial score (nSPS) is 10.4. The van der Waals surface area contributed by atoms with Gasteiger partial charge in [0.05, 0.1) is 17.9 Å². The second-order valence-electron chi connectivity index (χ2n) is 5.43. The van der Waals surface area contributed by atoms with Crippen molar-refractivity contribution in [2.75, 3.05) is 11.9 Å². The van der Waals surface area contributed by atoms with Gasteiger partial charge in [-0.25, -0.2) is 9.18 Å². The van der Waals surface area contributed by atoms with E-state index in [-0.39, 0.29) is 17.4 Å². The van der Waals surface area contributed by atoms with E-state index in [1.807, 2.05) is 0 Å². The summed E-state index contributed by atoms with van der Waals surface area (Å²) in [5, 5.41) is 9.43. The van der Waals surface area contributed by atoms with Crippen molar-refractivity contribution < 1.29 is 18.7 Å². The largest absolute Gasteiger partial charge is 0.462 e. The first-order chi connectivity index (χ1) is 12.6. The van der Waals surface area contributed by atoms with Crippen molar-refractivity contribution >= 4 is 17.6 Å². The lowest BCUT2D eigenvalue weighted by Gasteiger charge is -2.05. The number of anilines is 1. The molecule has 1 aromatic heterocycles. The van der Waals surface area contributed by atoms with Crippen LogP contribution in [0.3, 0.4) is 0 Å². The maximum atomic E-state index is 13.0. The fourth-order valence-electron chi connectivity index (χ4n) is 2.31. The molecule has 0 saturated heterocycles. The lowest BCUT2D eigenvalue weighted by atomic mass is 10.1. The minimum atomic E-state index is -0.414. The topological polar surface area (TPSA) is 84.1 Å². The van der Waals surface area contributed by atoms with Crippen molar-refractivity contribution in [3.63, 3.8) is 0 Å². The van der Waals surface area contributed by atoms with Crippen LogP contribution in [0.2, 0.25) is 0 Å². The Hall–Kier alpha value is -3.48. The highest BCUT2D eigenvalue weighted by Crippen LogP contribution is 2.19. The maximum absolute atomic E-state index is 13.0. The molecule has 6 nitrogen and oxygen atoms in total. The van der Waals surface area contributed by atoms with Gasteiger partial charge < -0.3 is 10.1 Å². The second-order valence-corrected chi connectivity index (χ2v) is 5.43. The first-order valence-corrected chi connectivity index (χ1v) is 7.96. The molecule has 0 unspecified atom stereocenters. The Morgan fingerprint density at radius 2 is 1.81 bits per heavy atom. The number of nitrogens with one attached hydrogen (secondary N) is 2. The predicted molar refractivity (Wildman–Crippen MR) is 94.3 cm³/mol. The van der Waals surface area contributed by atoms with Crippen LogP contribution in [-0.2, 0) is 4.74 Å². The predicted octanol–water partition coefficient (Wildman–Crippen LogP) is 3.64. The quantitative estimate of drug-likeness (QED) is 0.686. The van der Waals surface area contributed by atoms with E-state index in [0.717, 1.165) is 0 Å². The van der Waals surface area contributed by atoms with Gasteiger partial charge in [-0.05, 0) is 61.5 Å². The number of carbonyl (C=O) groups excluding carboxylic acids is 2. The summed E-state index contributed by atoms with van der Waals surface area (Å²) in [6.07, 6.45) is 0. The van der Waals surface area contributed by atoms with Crippen LogP contribution in [0.15, 0.2) is 54.6 Å². The van der Waals surface area contributed by atoms with Crippen molar-refractivity contribution in [2.45, 2.75) is 6.92 Å². The summed E-state index contributed by atoms with van der Waals surface area (Å²) >= 11 is 0. The zero-order chi connectivity index (χ0) is 18.5. The average Bonchev–Trinajstić information content (AvgIpc) is 3.13. The monoisotopic (exact) mass is 353 g/mol. The summed E-state index contributed by atoms with van der Waals surface area (Å²) in [5.41, 5.74) is 2.43. The van der Waals surface area contributed by atoms with Crippen LogP contribution in [-0.4, -0.2) is 28.7 Å². The smallest absolute Gasteiger partial charge is 0.338 e. The van der Waals surface area contributed by atoms with E-state index in [0.29, 0.717) is 29.1 Å². The number of nitrogens with zero attached hydrogens (tertiary/aromatic N) is 1. The van der Waals surface area contributed by atoms with Crippen LogP contribution in [0, 0.1) is 5.82 Å². The van der Waals surface area contributed by atoms with Gasteiger partial charge in [0.1, 0.15) is 11.5 Å². The van der Waals surface area contributed by atoms with Gasteiger partial charge in [-0.2, -0.15) is 5.10 Å². The Kier molecular flexibility index (Phi) is 5.07. The molecule has 7 heteroatoms. The van der Waals surface area contributed by atoms with Crippen LogP contribution in [0.4, 0.5) is 10.1 Å². The third-order valence-electron chi connectivity index (χ3n) is 3.62. The zero-order valence-electron chi connectivity index (χ0n) is 14.0. The number of esters is 1. The molecule has 0 saturated carbocycles. The summed E-state index contributed by atoms with van der Waals surface area (Å²) in [4.78, 5) is 23.9. The molecule has 3 rings (SSSR count). The molecule has 0 atom stereocenters. The summed E-state index contributed by atoms with van der Waals surface area (Å²) in [7, 11) is 0. The summed E-state index contributed by atoms with van der Waals surface area (Å²) in [5.74, 6) is -1.13. The first-order valence-electron chi connectivity index (χ1n) is 7.96. The number of ether oxygens (including phenoxy) is 1. The number of hydrogen-bond acceptors (Lipinski definition) is 4. The molecule has 132 valence electrons. The fourth-order valence-corrected chi connectivity index (χ4v) is 2.31. The lowest BCUT2D eigenvalue weighted by Crippen LogP contribution is -2.12. The van der Waals surface area contributed by atoms with Crippen molar-refractivity contribution in [1.82, 2.24) is 10.2 Å². The molecule has 0 aliphatic heterocycles. The minimum absolute atomic E-state index is 0.263. The van der Waals surface area contributed by atoms with Crippen LogP contribution in [0.25, 0.3) is 11.3 Å². The second kappa shape index (κ2) is 7.60. The standard InChI is InChI=1S/C19H16FN3O3/c1-2-26-19(25)13-5-9-15(10-6-13)21-18(24)17-11-16(22-23-17)12-3-7-14(20)8-4-12/h3-11H,2H2,1H3,(H,21,24)(H,22,23). The number of rotatable bonds is 5. The van der Waals surface area contributed by atoms with Gasteiger partial charge in [0, 0.05) is 11.3 Å². The highest BCUT2D eigenvalue weighted by Gasteiger charge is 2.12. The van der Waals surface area contributed by atoms with Gasteiger partial charge >= 0.3 is 5.97 Å². The van der Waals surface area contributed by atoms with E-state index in [4.69, 9.17) is 4.74 Å². The number of aromatic nitrogens is 2. The fraction of sp³-hybridized carbons (Fsp3) is 0.105. The van der Waals surface area contributed by atoms with E-state index in [9.17, 15) is 14.0 Å². The molecule has 0 radical (unpaired) electrons. The number of amides is 1. The number of hydrogen-bond donors (Lipinski definition) is 2. The number of H-pyrrole nitrogens is 1. The Labute approximate surface area is 149 Å². The van der Waals surface area contributed by atoms with Crippen molar-refractivity contribution in [2.24, 2.45) is 0 Å². The Bertz CT molecular complexity index is 918. The Morgan fingerprint density at radius 1 is 1.12 bits per heavy atom. The SMILES string of the molecule is CCOC(=O)c1ccc(NC(=O)c2cc(-c3ccc(F)cc3)n[nH]2)cc1. The van der Waals surface area contributed by atoms with Crippen molar-refractivity contribution in [3.8, 4) is 11.3 Å². The molecule has 26 heavy (non-hydrogen) atoms. The Morgan fingerprint density at radius 3 is 2.46 bits per heavy atom. The number of carbonyl (C=O) groups is 2. The minimum Gasteiger partial charge on any atom is -0.462 e. The first kappa shape index (κ1) is 17.3. The van der Waals surface area contributed by atoms with Gasteiger partial charge in [-0.3, -0.25) is 9.89 Å². The van der Waals surface area contributed by atoms with Gasteiger partial charge in [-0.15, -0.1) is 0 Å². The summed E-state index contributed by atoms with van der Waals surface area (Å²) in [6, 6.07) is 13.8. The van der Waals surface area contributed by atoms with Gasteiger partial charge in [-0.1, -0.05) is 0 Å². The molecule has 0 bridgehead atoms.